The summed E-state index contributed by atoms with van der Waals surface area (Å²) in [5.74, 6) is -0.175. The zero-order valence-electron chi connectivity index (χ0n) is 29.6. The van der Waals surface area contributed by atoms with Crippen molar-refractivity contribution in [3.05, 3.63) is 0 Å². The summed E-state index contributed by atoms with van der Waals surface area (Å²) >= 11 is 0. The number of carbonyl (C=O) groups is 2. The number of rotatable bonds is 37. The lowest BCUT2D eigenvalue weighted by Crippen LogP contribution is -2.19. The van der Waals surface area contributed by atoms with Crippen molar-refractivity contribution in [2.45, 2.75) is 213 Å². The van der Waals surface area contributed by atoms with E-state index >= 15 is 0 Å². The molecule has 0 radical (unpaired) electrons. The minimum absolute atomic E-state index is 0.164. The molecule has 0 saturated heterocycles. The molecule has 0 saturated carbocycles. The van der Waals surface area contributed by atoms with Crippen molar-refractivity contribution in [3.63, 3.8) is 0 Å². The first-order valence-electron chi connectivity index (χ1n) is 19.2. The highest BCUT2D eigenvalue weighted by Gasteiger charge is 2.13. The molecule has 1 unspecified atom stereocenters. The van der Waals surface area contributed by atoms with Crippen LogP contribution in [0.3, 0.4) is 0 Å². The highest BCUT2D eigenvalue weighted by atomic mass is 16.7. The molecule has 0 fully saturated rings. The van der Waals surface area contributed by atoms with Crippen LogP contribution in [0.1, 0.15) is 201 Å². The lowest BCUT2D eigenvalue weighted by atomic mass is 10.0. The number of hydrogen-bond acceptors (Lipinski definition) is 6. The topological polar surface area (TPSA) is 71.1 Å². The van der Waals surface area contributed by atoms with Gasteiger partial charge in [-0.3, -0.25) is 9.59 Å². The zero-order valence-corrected chi connectivity index (χ0v) is 29.6. The van der Waals surface area contributed by atoms with E-state index in [1.807, 2.05) is 0 Å². The molecule has 1 atom stereocenters. The summed E-state index contributed by atoms with van der Waals surface area (Å²) in [4.78, 5) is 23.3. The second-order valence-corrected chi connectivity index (χ2v) is 12.8. The molecule has 0 aromatic carbocycles. The largest absolute Gasteiger partial charge is 0.466 e. The average molecular weight is 627 g/mol. The number of esters is 1. The number of unbranched alkanes of at least 4 members (excludes halogenated alkanes) is 20. The van der Waals surface area contributed by atoms with Crippen LogP contribution in [0.2, 0.25) is 0 Å². The highest BCUT2D eigenvalue weighted by Crippen LogP contribution is 2.16. The van der Waals surface area contributed by atoms with Gasteiger partial charge in [-0.05, 0) is 44.9 Å². The Morgan fingerprint density at radius 3 is 1.41 bits per heavy atom. The summed E-state index contributed by atoms with van der Waals surface area (Å²) in [6.45, 7) is 9.08. The van der Waals surface area contributed by atoms with Crippen LogP contribution < -0.4 is 0 Å². The number of hydrogen-bond donors (Lipinski definition) is 0. The van der Waals surface area contributed by atoms with Gasteiger partial charge < -0.3 is 18.9 Å². The Morgan fingerprint density at radius 1 is 0.500 bits per heavy atom. The van der Waals surface area contributed by atoms with E-state index in [0.717, 1.165) is 58.2 Å². The maximum absolute atomic E-state index is 12.3. The van der Waals surface area contributed by atoms with Gasteiger partial charge >= 0.3 is 5.97 Å². The van der Waals surface area contributed by atoms with Gasteiger partial charge in [-0.1, -0.05) is 143 Å². The highest BCUT2D eigenvalue weighted by molar-refractivity contribution is 5.69. The van der Waals surface area contributed by atoms with Gasteiger partial charge in [0.25, 0.3) is 6.47 Å². The molecule has 44 heavy (non-hydrogen) atoms. The summed E-state index contributed by atoms with van der Waals surface area (Å²) in [6, 6.07) is 0. The number of ether oxygens (including phenoxy) is 4. The standard InChI is InChI=1S/C38H74O6/c1-4-7-10-13-16-17-18-19-20-23-28-36(44-35-39)31-34-41-37(40)29-24-25-30-38(42-32-26-21-14-11-8-5-2)43-33-27-22-15-12-9-6-3/h35-36,38H,4-34H2,1-3H3. The Hall–Kier alpha value is -1.14. The Bertz CT molecular complexity index is 566. The maximum Gasteiger partial charge on any atom is 0.305 e. The zero-order chi connectivity index (χ0) is 32.2. The first-order chi connectivity index (χ1) is 21.7. The molecular weight excluding hydrogens is 552 g/mol. The summed E-state index contributed by atoms with van der Waals surface area (Å²) in [6.07, 6.45) is 31.7. The van der Waals surface area contributed by atoms with Crippen LogP contribution in [0.25, 0.3) is 0 Å². The third kappa shape index (κ3) is 32.3. The van der Waals surface area contributed by atoms with Crippen molar-refractivity contribution in [2.24, 2.45) is 0 Å². The van der Waals surface area contributed by atoms with E-state index in [0.29, 0.717) is 25.9 Å². The fourth-order valence-electron chi connectivity index (χ4n) is 5.58. The summed E-state index contributed by atoms with van der Waals surface area (Å²) in [5.41, 5.74) is 0. The van der Waals surface area contributed by atoms with Crippen LogP contribution in [0, 0.1) is 0 Å². The predicted octanol–water partition coefficient (Wildman–Crippen LogP) is 11.4. The van der Waals surface area contributed by atoms with E-state index in [-0.39, 0.29) is 18.4 Å². The second-order valence-electron chi connectivity index (χ2n) is 12.8. The summed E-state index contributed by atoms with van der Waals surface area (Å²) in [7, 11) is 0. The molecule has 0 aliphatic rings. The van der Waals surface area contributed by atoms with E-state index in [2.05, 4.69) is 20.8 Å². The third-order valence-corrected chi connectivity index (χ3v) is 8.50. The minimum Gasteiger partial charge on any atom is -0.466 e. The molecule has 6 heteroatoms. The molecule has 0 spiro atoms. The fourth-order valence-corrected chi connectivity index (χ4v) is 5.58. The van der Waals surface area contributed by atoms with Crippen molar-refractivity contribution in [1.82, 2.24) is 0 Å². The van der Waals surface area contributed by atoms with Crippen LogP contribution in [0.15, 0.2) is 0 Å². The van der Waals surface area contributed by atoms with E-state index in [9.17, 15) is 9.59 Å². The van der Waals surface area contributed by atoms with E-state index in [4.69, 9.17) is 18.9 Å². The molecule has 0 aliphatic carbocycles. The van der Waals surface area contributed by atoms with Crippen LogP contribution >= 0.6 is 0 Å². The minimum atomic E-state index is -0.177. The Balaban J connectivity index is 4.08. The SMILES string of the molecule is CCCCCCCCCCCCC(CCOC(=O)CCCCC(OCCCCCCCC)OCCCCCCCC)OC=O. The second kappa shape index (κ2) is 36.3. The molecule has 0 aromatic heterocycles. The normalized spacial score (nSPS) is 12.1. The molecule has 0 heterocycles. The van der Waals surface area contributed by atoms with Gasteiger partial charge in [0.2, 0.25) is 0 Å². The molecule has 6 nitrogen and oxygen atoms in total. The lowest BCUT2D eigenvalue weighted by molar-refractivity contribution is -0.150. The van der Waals surface area contributed by atoms with E-state index in [1.54, 1.807) is 0 Å². The third-order valence-electron chi connectivity index (χ3n) is 8.50. The Kier molecular flexibility index (Phi) is 35.4. The average Bonchev–Trinajstić information content (AvgIpc) is 3.02. The molecule has 262 valence electrons. The van der Waals surface area contributed by atoms with Crippen molar-refractivity contribution < 1.29 is 28.5 Å². The molecule has 0 amide bonds. The Morgan fingerprint density at radius 2 is 0.932 bits per heavy atom. The lowest BCUT2D eigenvalue weighted by Gasteiger charge is -2.19. The first kappa shape index (κ1) is 42.9. The Labute approximate surface area is 273 Å². The van der Waals surface area contributed by atoms with Gasteiger partial charge in [-0.2, -0.15) is 0 Å². The van der Waals surface area contributed by atoms with Crippen molar-refractivity contribution >= 4 is 12.4 Å². The summed E-state index contributed by atoms with van der Waals surface area (Å²) in [5, 5.41) is 0. The van der Waals surface area contributed by atoms with Crippen molar-refractivity contribution in [2.75, 3.05) is 19.8 Å². The fraction of sp³-hybridized carbons (Fsp3) is 0.947. The molecule has 0 rings (SSSR count). The van der Waals surface area contributed by atoms with E-state index < -0.39 is 0 Å². The number of carbonyl (C=O) groups excluding carboxylic acids is 2. The quantitative estimate of drug-likeness (QED) is 0.0296. The predicted molar refractivity (Wildman–Crippen MR) is 184 cm³/mol. The van der Waals surface area contributed by atoms with Crippen LogP contribution in [0.4, 0.5) is 0 Å². The van der Waals surface area contributed by atoms with Gasteiger partial charge in [0.05, 0.1) is 6.61 Å². The van der Waals surface area contributed by atoms with Crippen LogP contribution in [-0.2, 0) is 28.5 Å². The summed E-state index contributed by atoms with van der Waals surface area (Å²) < 4.78 is 23.0. The maximum atomic E-state index is 12.3. The van der Waals surface area contributed by atoms with Crippen molar-refractivity contribution in [1.29, 1.82) is 0 Å². The van der Waals surface area contributed by atoms with Crippen LogP contribution in [-0.4, -0.2) is 44.7 Å². The first-order valence-corrected chi connectivity index (χ1v) is 19.2. The molecule has 0 bridgehead atoms. The molecule has 0 aromatic rings. The van der Waals surface area contributed by atoms with Gasteiger partial charge in [0.15, 0.2) is 6.29 Å². The van der Waals surface area contributed by atoms with Gasteiger partial charge in [-0.15, -0.1) is 0 Å². The van der Waals surface area contributed by atoms with Gasteiger partial charge in [-0.25, -0.2) is 0 Å². The van der Waals surface area contributed by atoms with E-state index in [1.165, 1.54) is 122 Å². The van der Waals surface area contributed by atoms with Crippen LogP contribution in [0.5, 0.6) is 0 Å². The van der Waals surface area contributed by atoms with Crippen molar-refractivity contribution in [3.8, 4) is 0 Å². The monoisotopic (exact) mass is 627 g/mol. The molecule has 0 N–H and O–H groups in total. The van der Waals surface area contributed by atoms with Gasteiger partial charge in [0.1, 0.15) is 6.10 Å². The molecular formula is C38H74O6. The van der Waals surface area contributed by atoms with Gasteiger partial charge in [0, 0.05) is 26.1 Å². The molecule has 0 aliphatic heterocycles. The smallest absolute Gasteiger partial charge is 0.305 e.